The Morgan fingerprint density at radius 1 is 0.419 bits per heavy atom. The number of benzene rings is 3. The number of carbonyl (C=O) groups is 13. The largest absolute Gasteiger partial charge is 0.508 e. The third-order valence-electron chi connectivity index (χ3n) is 17.4. The molecule has 105 heavy (non-hydrogen) atoms. The van der Waals surface area contributed by atoms with E-state index in [-0.39, 0.29) is 61.7 Å². The van der Waals surface area contributed by atoms with Crippen molar-refractivity contribution in [3.63, 3.8) is 0 Å². The van der Waals surface area contributed by atoms with Gasteiger partial charge in [0.15, 0.2) is 0 Å². The molecule has 13 atom stereocenters. The van der Waals surface area contributed by atoms with E-state index in [1.54, 1.807) is 67.5 Å². The molecule has 3 aromatic carbocycles. The fourth-order valence-corrected chi connectivity index (χ4v) is 10.9. The number of phenolic OH excluding ortho intramolecular Hbond substituents is 3. The van der Waals surface area contributed by atoms with Gasteiger partial charge >= 0.3 is 0 Å². The van der Waals surface area contributed by atoms with Crippen molar-refractivity contribution in [2.24, 2.45) is 40.9 Å². The van der Waals surface area contributed by atoms with Crippen LogP contribution in [0.3, 0.4) is 0 Å². The molecule has 5 aromatic rings. The molecule has 2 heterocycles. The number of hydrogen-bond acceptors (Lipinski definition) is 19. The number of amides is 13. The Labute approximate surface area is 607 Å². The highest BCUT2D eigenvalue weighted by atomic mass is 16.3. The topological polar surface area (TPSA) is 550 Å². The second-order valence-corrected chi connectivity index (χ2v) is 26.8. The summed E-state index contributed by atoms with van der Waals surface area (Å²) in [5.74, 6) is -13.8. The van der Waals surface area contributed by atoms with E-state index in [1.807, 2.05) is 0 Å². The van der Waals surface area contributed by atoms with E-state index in [4.69, 9.17) is 17.2 Å². The molecule has 2 aromatic heterocycles. The van der Waals surface area contributed by atoms with Crippen LogP contribution in [0.5, 0.6) is 17.2 Å². The van der Waals surface area contributed by atoms with Crippen LogP contribution < -0.4 is 75.7 Å². The predicted molar refractivity (Wildman–Crippen MR) is 382 cm³/mol. The van der Waals surface area contributed by atoms with Crippen molar-refractivity contribution >= 4 is 76.8 Å². The lowest BCUT2D eigenvalue weighted by molar-refractivity contribution is -0.136. The van der Waals surface area contributed by atoms with E-state index < -0.39 is 174 Å². The number of rotatable bonds is 42. The summed E-state index contributed by atoms with van der Waals surface area (Å²) < 4.78 is 0. The Morgan fingerprint density at radius 3 is 1.21 bits per heavy atom. The molecule has 0 fully saturated rings. The first-order valence-electron chi connectivity index (χ1n) is 34.6. The molecule has 0 saturated carbocycles. The minimum absolute atomic E-state index is 0.00528. The summed E-state index contributed by atoms with van der Waals surface area (Å²) in [5, 5.41) is 58.3. The summed E-state index contributed by atoms with van der Waals surface area (Å²) in [7, 11) is 0. The summed E-state index contributed by atoms with van der Waals surface area (Å²) in [6.45, 7) is 14.1. The standard InChI is InChI=1S/C71H100N18O16/c1-10-38(7)59(88-63(97)49(72)25-41-12-18-46(90)19-13-41)70(104)85-52(26-42-14-20-47(91)21-15-42)65(99)84-55(30-56(73)93)68(102)87-58(37(5)6)69(103)80-40(9)62(96)77-33-57(94)81-51(24-36(3)4)64(98)83-53(27-43-16-22-48(92)23-17-43)67(101)89-60(39(8)11-2)71(105)86-54(29-45-32-76-35-79-45)66(100)82-50(61(74)95)28-44-31-75-34-78-44/h12-23,31-32,34-40,49-55,58-60,90-92H,10-11,24-30,33,72H2,1-9H3,(H2,73,93)(H2,74,95)(H,75,78)(H,76,79)(H,77,96)(H,80,103)(H,81,94)(H,82,100)(H,83,98)(H,84,99)(H,85,104)(H,86,105)(H,87,102)(H,88,97)(H,89,101)/t38-,39-,40-,49-,50-,51-,52-,53-,54-,55-,58-,59-,60-/m0/s1. The maximum absolute atomic E-state index is 14.6. The number of primary amides is 2. The highest BCUT2D eigenvalue weighted by molar-refractivity contribution is 6.00. The molecule has 0 saturated heterocycles. The van der Waals surface area contributed by atoms with Gasteiger partial charge in [0, 0.05) is 38.1 Å². The van der Waals surface area contributed by atoms with Gasteiger partial charge in [-0.05, 0) is 96.5 Å². The van der Waals surface area contributed by atoms with E-state index >= 15 is 0 Å². The number of nitrogens with one attached hydrogen (secondary N) is 13. The number of aromatic hydroxyl groups is 3. The summed E-state index contributed by atoms with van der Waals surface area (Å²) in [4.78, 5) is 194. The van der Waals surface area contributed by atoms with Crippen molar-refractivity contribution in [1.82, 2.24) is 78.4 Å². The highest BCUT2D eigenvalue weighted by Crippen LogP contribution is 2.19. The molecule has 0 aliphatic rings. The number of hydrogen-bond donors (Lipinski definition) is 19. The molecular weight excluding hydrogens is 1360 g/mol. The van der Waals surface area contributed by atoms with Crippen molar-refractivity contribution in [3.8, 4) is 17.2 Å². The molecule has 0 aliphatic heterocycles. The van der Waals surface area contributed by atoms with Crippen LogP contribution in [0, 0.1) is 23.7 Å². The van der Waals surface area contributed by atoms with E-state index in [0.29, 0.717) is 40.9 Å². The summed E-state index contributed by atoms with van der Waals surface area (Å²) in [6.07, 6.45) is 5.04. The Balaban J connectivity index is 1.26. The van der Waals surface area contributed by atoms with Gasteiger partial charge in [0.25, 0.3) is 0 Å². The molecule has 0 spiro atoms. The van der Waals surface area contributed by atoms with Crippen LogP contribution in [0.1, 0.15) is 116 Å². The lowest BCUT2D eigenvalue weighted by Gasteiger charge is -2.29. The maximum Gasteiger partial charge on any atom is 0.243 e. The third-order valence-corrected chi connectivity index (χ3v) is 17.4. The van der Waals surface area contributed by atoms with E-state index in [2.05, 4.69) is 78.4 Å². The van der Waals surface area contributed by atoms with E-state index in [1.165, 1.54) is 92.6 Å². The van der Waals surface area contributed by atoms with Gasteiger partial charge in [0.1, 0.15) is 77.7 Å². The fourth-order valence-electron chi connectivity index (χ4n) is 10.9. The number of aromatic nitrogens is 4. The number of imidazole rings is 2. The summed E-state index contributed by atoms with van der Waals surface area (Å²) in [6, 6.07) is 2.19. The Kier molecular flexibility index (Phi) is 32.9. The van der Waals surface area contributed by atoms with E-state index in [0.717, 1.165) is 0 Å². The monoisotopic (exact) mass is 1460 g/mol. The number of nitrogens with zero attached hydrogens (tertiary/aromatic N) is 2. The number of phenols is 3. The smallest absolute Gasteiger partial charge is 0.243 e. The van der Waals surface area contributed by atoms with Crippen LogP contribution >= 0.6 is 0 Å². The normalized spacial score (nSPS) is 14.9. The van der Waals surface area contributed by atoms with Gasteiger partial charge in [0.05, 0.1) is 43.0 Å². The van der Waals surface area contributed by atoms with Crippen molar-refractivity contribution < 1.29 is 77.6 Å². The molecular formula is C71H100N18O16. The number of H-pyrrole nitrogens is 2. The van der Waals surface area contributed by atoms with Gasteiger partial charge in [-0.3, -0.25) is 62.3 Å². The van der Waals surface area contributed by atoms with Gasteiger partial charge in [-0.2, -0.15) is 0 Å². The predicted octanol–water partition coefficient (Wildman–Crippen LogP) is -1.77. The average molecular weight is 1460 g/mol. The number of aromatic amines is 2. The van der Waals surface area contributed by atoms with Gasteiger partial charge in [-0.25, -0.2) is 9.97 Å². The number of carbonyl (C=O) groups excluding carboxylic acids is 13. The lowest BCUT2D eigenvalue weighted by atomic mass is 9.96. The second-order valence-electron chi connectivity index (χ2n) is 26.8. The van der Waals surface area contributed by atoms with Crippen LogP contribution in [0.15, 0.2) is 97.8 Å². The molecule has 13 amide bonds. The van der Waals surface area contributed by atoms with Gasteiger partial charge in [-0.1, -0.05) is 105 Å². The molecule has 0 bridgehead atoms. The van der Waals surface area contributed by atoms with E-state index in [9.17, 15) is 77.6 Å². The molecule has 5 rings (SSSR count). The highest BCUT2D eigenvalue weighted by Gasteiger charge is 2.38. The zero-order chi connectivity index (χ0) is 77.8. The van der Waals surface area contributed by atoms with Crippen molar-refractivity contribution in [2.75, 3.05) is 6.54 Å². The molecule has 22 N–H and O–H groups in total. The summed E-state index contributed by atoms with van der Waals surface area (Å²) in [5.41, 5.74) is 19.8. The van der Waals surface area contributed by atoms with Crippen LogP contribution in [0.25, 0.3) is 0 Å². The van der Waals surface area contributed by atoms with Crippen LogP contribution in [-0.2, 0) is 94.4 Å². The summed E-state index contributed by atoms with van der Waals surface area (Å²) >= 11 is 0. The zero-order valence-electron chi connectivity index (χ0n) is 60.2. The third kappa shape index (κ3) is 27.7. The molecule has 34 heteroatoms. The van der Waals surface area contributed by atoms with Crippen LogP contribution in [0.4, 0.5) is 0 Å². The molecule has 0 unspecified atom stereocenters. The van der Waals surface area contributed by atoms with Crippen molar-refractivity contribution in [2.45, 2.75) is 187 Å². The maximum atomic E-state index is 14.6. The lowest BCUT2D eigenvalue weighted by Crippen LogP contribution is -2.61. The van der Waals surface area contributed by atoms with Crippen molar-refractivity contribution in [3.05, 3.63) is 126 Å². The van der Waals surface area contributed by atoms with Crippen LogP contribution in [-0.4, -0.2) is 185 Å². The first kappa shape index (κ1) is 84.2. The van der Waals surface area contributed by atoms with Gasteiger partial charge in [-0.15, -0.1) is 0 Å². The Bertz CT molecular complexity index is 3750. The molecule has 570 valence electrons. The SMILES string of the molecule is CC[C@H](C)[C@H](NC(=O)[C@H](Cc1ccc(O)cc1)NC(=O)[C@H](CC(C)C)NC(=O)CNC(=O)[C@H](C)NC(=O)[C@@H](NC(=O)[C@H](CC(N)=O)NC(=O)[C@H](Cc1ccc(O)cc1)NC(=O)[C@@H](NC(=O)[C@@H](N)Cc1ccc(O)cc1)[C@@H](C)CC)C(C)C)C(=O)N[C@@H](Cc1c[nH]cn1)C(=O)N[C@@H](Cc1c[nH]cn1)C(N)=O. The van der Waals surface area contributed by atoms with Gasteiger partial charge < -0.3 is 101 Å². The minimum Gasteiger partial charge on any atom is -0.508 e. The Hall–Kier alpha value is -11.5. The second kappa shape index (κ2) is 41.0. The van der Waals surface area contributed by atoms with Crippen LogP contribution in [0.2, 0.25) is 0 Å². The first-order chi connectivity index (χ1) is 49.6. The molecule has 34 nitrogen and oxygen atoms in total. The fraction of sp³-hybridized carbons (Fsp3) is 0.479. The minimum atomic E-state index is -1.76. The van der Waals surface area contributed by atoms with Gasteiger partial charge in [0.2, 0.25) is 76.8 Å². The van der Waals surface area contributed by atoms with Crippen molar-refractivity contribution in [1.29, 1.82) is 0 Å². The quantitative estimate of drug-likeness (QED) is 0.0206. The zero-order valence-corrected chi connectivity index (χ0v) is 60.2. The first-order valence-corrected chi connectivity index (χ1v) is 34.6. The molecule has 0 aliphatic carbocycles. The average Bonchev–Trinajstić information content (AvgIpc) is 1.08. The Morgan fingerprint density at radius 2 is 0.790 bits per heavy atom. The number of nitrogens with two attached hydrogens (primary N) is 3. The molecule has 0 radical (unpaired) electrons.